The lowest BCUT2D eigenvalue weighted by Gasteiger charge is -2.35. The Kier molecular flexibility index (Phi) is 7.66. The molecule has 2 aromatic carbocycles. The number of aromatic hydroxyl groups is 2. The molecule has 0 amide bonds. The maximum absolute atomic E-state index is 11.4. The van der Waals surface area contributed by atoms with Gasteiger partial charge in [-0.1, -0.05) is 102 Å². The molecule has 0 spiro atoms. The topological polar surface area (TPSA) is 40.5 Å². The average Bonchev–Trinajstić information content (AvgIpc) is 2.61. The van der Waals surface area contributed by atoms with Crippen molar-refractivity contribution in [2.75, 3.05) is 0 Å². The van der Waals surface area contributed by atoms with Crippen LogP contribution in [0.25, 0.3) is 0 Å². The minimum atomic E-state index is -0.181. The Morgan fingerprint density at radius 2 is 0.857 bits per heavy atom. The highest BCUT2D eigenvalue weighted by Gasteiger charge is 2.34. The Hall–Kier alpha value is -1.96. The summed E-state index contributed by atoms with van der Waals surface area (Å²) in [5, 5.41) is 22.9. The van der Waals surface area contributed by atoms with E-state index in [1.54, 1.807) is 0 Å². The molecular formula is C33H52O2. The second kappa shape index (κ2) is 9.16. The molecule has 0 atom stereocenters. The van der Waals surface area contributed by atoms with Crippen molar-refractivity contribution >= 4 is 0 Å². The van der Waals surface area contributed by atoms with Gasteiger partial charge in [0.25, 0.3) is 0 Å². The summed E-state index contributed by atoms with van der Waals surface area (Å²) in [6, 6.07) is 4.52. The monoisotopic (exact) mass is 480 g/mol. The Balaban J connectivity index is 3.08. The third-order valence-electron chi connectivity index (χ3n) is 7.47. The third-order valence-corrected chi connectivity index (χ3v) is 7.47. The molecule has 0 bridgehead atoms. The van der Waals surface area contributed by atoms with Gasteiger partial charge in [-0.3, -0.25) is 0 Å². The molecule has 0 saturated carbocycles. The lowest BCUT2D eigenvalue weighted by molar-refractivity contribution is 0.420. The lowest BCUT2D eigenvalue weighted by Crippen LogP contribution is -2.23. The van der Waals surface area contributed by atoms with E-state index in [-0.39, 0.29) is 27.6 Å². The first-order valence-corrected chi connectivity index (χ1v) is 13.3. The molecule has 35 heavy (non-hydrogen) atoms. The largest absolute Gasteiger partial charge is 0.507 e. The van der Waals surface area contributed by atoms with Gasteiger partial charge in [0.2, 0.25) is 0 Å². The SMILES string of the molecule is CCC(c1cc(C(C)(C)C)c(O)c(C(C)(C)C)c1C)c1cc(C(C)(C)C)c(O)c(C(C)(C)C)c1C. The fourth-order valence-corrected chi connectivity index (χ4v) is 5.89. The van der Waals surface area contributed by atoms with E-state index in [9.17, 15) is 10.2 Å². The van der Waals surface area contributed by atoms with E-state index in [4.69, 9.17) is 0 Å². The zero-order valence-corrected chi connectivity index (χ0v) is 25.3. The van der Waals surface area contributed by atoms with E-state index in [1.165, 1.54) is 22.3 Å². The molecule has 0 aliphatic rings. The van der Waals surface area contributed by atoms with Crippen LogP contribution in [0.3, 0.4) is 0 Å². The number of benzene rings is 2. The van der Waals surface area contributed by atoms with Gasteiger partial charge in [0.05, 0.1) is 0 Å². The molecule has 2 heteroatoms. The molecule has 2 aromatic rings. The Labute approximate surface area is 216 Å². The fourth-order valence-electron chi connectivity index (χ4n) is 5.89. The maximum Gasteiger partial charge on any atom is 0.123 e. The van der Waals surface area contributed by atoms with Crippen LogP contribution in [0, 0.1) is 13.8 Å². The molecule has 2 N–H and O–H groups in total. The van der Waals surface area contributed by atoms with Crippen molar-refractivity contribution in [2.45, 2.75) is 138 Å². The molecule has 2 rings (SSSR count). The van der Waals surface area contributed by atoms with E-state index in [0.29, 0.717) is 11.5 Å². The van der Waals surface area contributed by atoms with Crippen LogP contribution < -0.4 is 0 Å². The van der Waals surface area contributed by atoms with Crippen LogP contribution in [0.2, 0.25) is 0 Å². The summed E-state index contributed by atoms with van der Waals surface area (Å²) in [5.41, 5.74) is 8.30. The Bertz CT molecular complexity index is 1000. The van der Waals surface area contributed by atoms with E-state index >= 15 is 0 Å². The van der Waals surface area contributed by atoms with Crippen molar-refractivity contribution in [3.05, 3.63) is 56.6 Å². The van der Waals surface area contributed by atoms with E-state index in [2.05, 4.69) is 116 Å². The second-order valence-corrected chi connectivity index (χ2v) is 14.7. The van der Waals surface area contributed by atoms with Crippen molar-refractivity contribution in [2.24, 2.45) is 0 Å². The van der Waals surface area contributed by atoms with Crippen LogP contribution in [0.15, 0.2) is 12.1 Å². The van der Waals surface area contributed by atoms with Gasteiger partial charge >= 0.3 is 0 Å². The first-order chi connectivity index (χ1) is 15.5. The van der Waals surface area contributed by atoms with Gasteiger partial charge in [-0.2, -0.15) is 0 Å². The third kappa shape index (κ3) is 5.57. The Morgan fingerprint density at radius 1 is 0.571 bits per heavy atom. The molecule has 0 aliphatic carbocycles. The Morgan fingerprint density at radius 3 is 1.06 bits per heavy atom. The molecule has 196 valence electrons. The second-order valence-electron chi connectivity index (χ2n) is 14.7. The smallest absolute Gasteiger partial charge is 0.123 e. The summed E-state index contributed by atoms with van der Waals surface area (Å²) in [7, 11) is 0. The van der Waals surface area contributed by atoms with Crippen molar-refractivity contribution in [1.82, 2.24) is 0 Å². The van der Waals surface area contributed by atoms with Crippen molar-refractivity contribution < 1.29 is 10.2 Å². The highest BCUT2D eigenvalue weighted by Crippen LogP contribution is 2.49. The van der Waals surface area contributed by atoms with Crippen LogP contribution >= 0.6 is 0 Å². The quantitative estimate of drug-likeness (QED) is 0.459. The number of phenols is 2. The van der Waals surface area contributed by atoms with Crippen molar-refractivity contribution in [3.8, 4) is 11.5 Å². The zero-order chi connectivity index (χ0) is 27.5. The summed E-state index contributed by atoms with van der Waals surface area (Å²) in [5.74, 6) is 1.05. The highest BCUT2D eigenvalue weighted by atomic mass is 16.3. The van der Waals surface area contributed by atoms with E-state index in [1.807, 2.05) is 0 Å². The number of hydrogen-bond donors (Lipinski definition) is 2. The molecule has 0 saturated heterocycles. The lowest BCUT2D eigenvalue weighted by atomic mass is 9.70. The first-order valence-electron chi connectivity index (χ1n) is 13.3. The van der Waals surface area contributed by atoms with Crippen LogP contribution in [-0.2, 0) is 21.7 Å². The molecule has 0 radical (unpaired) electrons. The summed E-state index contributed by atoms with van der Waals surface area (Å²) < 4.78 is 0. The zero-order valence-electron chi connectivity index (χ0n) is 25.3. The molecule has 0 fully saturated rings. The summed E-state index contributed by atoms with van der Waals surface area (Å²) in [6.07, 6.45) is 0.942. The molecule has 2 nitrogen and oxygen atoms in total. The van der Waals surface area contributed by atoms with Gasteiger partial charge in [0.1, 0.15) is 11.5 Å². The normalized spacial score (nSPS) is 13.6. The van der Waals surface area contributed by atoms with Crippen molar-refractivity contribution in [1.29, 1.82) is 0 Å². The van der Waals surface area contributed by atoms with Gasteiger partial charge in [0.15, 0.2) is 0 Å². The molecule has 0 heterocycles. The van der Waals surface area contributed by atoms with Gasteiger partial charge < -0.3 is 10.2 Å². The van der Waals surface area contributed by atoms with Crippen molar-refractivity contribution in [3.63, 3.8) is 0 Å². The van der Waals surface area contributed by atoms with E-state index in [0.717, 1.165) is 28.7 Å². The molecule has 0 unspecified atom stereocenters. The van der Waals surface area contributed by atoms with Gasteiger partial charge in [-0.05, 0) is 75.3 Å². The summed E-state index contributed by atoms with van der Waals surface area (Å²) in [4.78, 5) is 0. The predicted octanol–water partition coefficient (Wildman–Crippen LogP) is 9.45. The molecule has 0 aromatic heterocycles. The van der Waals surface area contributed by atoms with Gasteiger partial charge in [-0.15, -0.1) is 0 Å². The van der Waals surface area contributed by atoms with Crippen LogP contribution in [0.5, 0.6) is 11.5 Å². The van der Waals surface area contributed by atoms with Crippen LogP contribution in [-0.4, -0.2) is 10.2 Å². The summed E-state index contributed by atoms with van der Waals surface area (Å²) >= 11 is 0. The molecule has 0 aliphatic heterocycles. The number of hydrogen-bond acceptors (Lipinski definition) is 2. The van der Waals surface area contributed by atoms with Gasteiger partial charge in [0, 0.05) is 17.0 Å². The summed E-state index contributed by atoms with van der Waals surface area (Å²) in [6.45, 7) is 32.8. The predicted molar refractivity (Wildman–Crippen MR) is 153 cm³/mol. The average molecular weight is 481 g/mol. The molecular weight excluding hydrogens is 428 g/mol. The minimum absolute atomic E-state index is 0.167. The maximum atomic E-state index is 11.4. The van der Waals surface area contributed by atoms with Crippen LogP contribution in [0.4, 0.5) is 0 Å². The first kappa shape index (κ1) is 29.3. The fraction of sp³-hybridized carbons (Fsp3) is 0.636. The number of rotatable bonds is 3. The van der Waals surface area contributed by atoms with Gasteiger partial charge in [-0.25, -0.2) is 0 Å². The van der Waals surface area contributed by atoms with E-state index < -0.39 is 0 Å². The highest BCUT2D eigenvalue weighted by molar-refractivity contribution is 5.60. The standard InChI is InChI=1S/C33H52O2/c1-16-21(22-17-24(30(4,5)6)28(34)26(19(22)2)32(10,11)12)23-18-25(31(7,8)9)29(35)27(20(23)3)33(13,14)15/h17-18,21,34-35H,16H2,1-15H3. The van der Waals surface area contributed by atoms with Crippen LogP contribution in [0.1, 0.15) is 147 Å². The number of phenolic OH excluding ortho intramolecular Hbond substituents is 2. The minimum Gasteiger partial charge on any atom is -0.507 e.